The molecule has 10 heteroatoms. The van der Waals surface area contributed by atoms with Crippen LogP contribution in [0, 0.1) is 16.0 Å². The van der Waals surface area contributed by atoms with Crippen molar-refractivity contribution in [1.82, 2.24) is 4.90 Å². The fraction of sp³-hybridized carbons (Fsp3) is 0.409. The van der Waals surface area contributed by atoms with Gasteiger partial charge in [0.25, 0.3) is 5.69 Å². The van der Waals surface area contributed by atoms with Crippen molar-refractivity contribution in [2.75, 3.05) is 7.11 Å². The molecule has 10 nitrogen and oxygen atoms in total. The van der Waals surface area contributed by atoms with Gasteiger partial charge in [-0.1, -0.05) is 6.08 Å². The number of carbonyl (C=O) groups excluding carboxylic acids is 3. The number of benzene rings is 1. The highest BCUT2D eigenvalue weighted by Gasteiger charge is 2.53. The first kappa shape index (κ1) is 24.6. The number of β-lactam (4-membered cyclic amide) rings is 1. The molecule has 1 heterocycles. The van der Waals surface area contributed by atoms with E-state index in [9.17, 15) is 24.5 Å². The summed E-state index contributed by atoms with van der Waals surface area (Å²) in [5.74, 6) is -1.67. The summed E-state index contributed by atoms with van der Waals surface area (Å²) >= 11 is 0. The van der Waals surface area contributed by atoms with E-state index >= 15 is 0 Å². The highest BCUT2D eigenvalue weighted by molar-refractivity contribution is 5.99. The molecule has 0 spiro atoms. The van der Waals surface area contributed by atoms with Crippen molar-refractivity contribution in [3.8, 4) is 0 Å². The Morgan fingerprint density at radius 3 is 2.41 bits per heavy atom. The van der Waals surface area contributed by atoms with E-state index in [1.807, 2.05) is 0 Å². The number of esters is 1. The van der Waals surface area contributed by atoms with E-state index in [1.54, 1.807) is 26.8 Å². The minimum atomic E-state index is -0.977. The zero-order valence-electron chi connectivity index (χ0n) is 18.4. The molecule has 0 bridgehead atoms. The Morgan fingerprint density at radius 2 is 1.91 bits per heavy atom. The van der Waals surface area contributed by atoms with Crippen LogP contribution in [0.15, 0.2) is 48.2 Å². The smallest absolute Gasteiger partial charge is 0.464 e. The van der Waals surface area contributed by atoms with Crippen LogP contribution < -0.4 is 0 Å². The number of hydrogen-bond donors (Lipinski definition) is 0. The summed E-state index contributed by atoms with van der Waals surface area (Å²) < 4.78 is 15.1. The second-order valence-electron chi connectivity index (χ2n) is 7.45. The standard InChI is InChI=1S/C22H26N2O8/c1-6-7-17-18(20(25)23(17)19(13(2)3)21(26)30-5)14(4)32-22(27)31-12-15-8-10-16(11-9-15)24(28)29/h6,8-11,14,17-18H,1,7,12H2,2-5H3/t14?,17-,18-/m1/s1. The molecule has 172 valence electrons. The quantitative estimate of drug-likeness (QED) is 0.141. The number of nitrogens with zero attached hydrogens (tertiary/aromatic N) is 2. The molecule has 1 aromatic carbocycles. The Balaban J connectivity index is 2.02. The Hall–Kier alpha value is -3.69. The van der Waals surface area contributed by atoms with Crippen LogP contribution >= 0.6 is 0 Å². The highest BCUT2D eigenvalue weighted by Crippen LogP contribution is 2.38. The number of carbonyl (C=O) groups is 3. The van der Waals surface area contributed by atoms with Crippen LogP contribution in [0.1, 0.15) is 32.8 Å². The van der Waals surface area contributed by atoms with Crippen molar-refractivity contribution in [3.63, 3.8) is 0 Å². The molecular formula is C22H26N2O8. The topological polar surface area (TPSA) is 125 Å². The Bertz CT molecular complexity index is 934. The number of rotatable bonds is 9. The molecule has 0 aromatic heterocycles. The number of allylic oxidation sites excluding steroid dienone is 1. The monoisotopic (exact) mass is 446 g/mol. The molecule has 0 radical (unpaired) electrons. The van der Waals surface area contributed by atoms with E-state index in [1.165, 1.54) is 36.3 Å². The van der Waals surface area contributed by atoms with Crippen LogP contribution in [0.3, 0.4) is 0 Å². The summed E-state index contributed by atoms with van der Waals surface area (Å²) in [6, 6.07) is 5.11. The van der Waals surface area contributed by atoms with E-state index in [2.05, 4.69) is 6.58 Å². The van der Waals surface area contributed by atoms with Crippen molar-refractivity contribution < 1.29 is 33.5 Å². The van der Waals surface area contributed by atoms with Gasteiger partial charge in [-0.25, -0.2) is 9.59 Å². The second-order valence-corrected chi connectivity index (χ2v) is 7.45. The number of non-ortho nitro benzene ring substituents is 1. The van der Waals surface area contributed by atoms with Crippen molar-refractivity contribution >= 4 is 23.7 Å². The van der Waals surface area contributed by atoms with Gasteiger partial charge < -0.3 is 19.1 Å². The summed E-state index contributed by atoms with van der Waals surface area (Å²) in [4.78, 5) is 48.7. The molecule has 1 aliphatic rings. The molecule has 2 rings (SSSR count). The van der Waals surface area contributed by atoms with E-state index in [4.69, 9.17) is 14.2 Å². The average Bonchev–Trinajstić information content (AvgIpc) is 2.75. The summed E-state index contributed by atoms with van der Waals surface area (Å²) in [5.41, 5.74) is 1.25. The van der Waals surface area contributed by atoms with Crippen molar-refractivity contribution in [2.24, 2.45) is 5.92 Å². The third-order valence-corrected chi connectivity index (χ3v) is 5.06. The van der Waals surface area contributed by atoms with E-state index in [-0.39, 0.29) is 23.9 Å². The molecule has 1 aliphatic heterocycles. The summed E-state index contributed by atoms with van der Waals surface area (Å²) in [6.45, 7) is 8.53. The van der Waals surface area contributed by atoms with Gasteiger partial charge in [-0.05, 0) is 50.5 Å². The van der Waals surface area contributed by atoms with Crippen molar-refractivity contribution in [1.29, 1.82) is 0 Å². The predicted molar refractivity (Wildman–Crippen MR) is 113 cm³/mol. The zero-order chi connectivity index (χ0) is 24.0. The fourth-order valence-electron chi connectivity index (χ4n) is 3.53. The normalized spacial score (nSPS) is 18.1. The maximum Gasteiger partial charge on any atom is 0.508 e. The summed E-state index contributed by atoms with van der Waals surface area (Å²) in [7, 11) is 1.24. The van der Waals surface area contributed by atoms with Crippen LogP contribution in [-0.2, 0) is 30.4 Å². The molecule has 1 fully saturated rings. The van der Waals surface area contributed by atoms with Crippen molar-refractivity contribution in [2.45, 2.75) is 45.9 Å². The summed E-state index contributed by atoms with van der Waals surface area (Å²) in [6.07, 6.45) is 0.214. The molecule has 0 saturated carbocycles. The number of nitro benzene ring substituents is 1. The van der Waals surface area contributed by atoms with Gasteiger partial charge in [0.2, 0.25) is 5.91 Å². The van der Waals surface area contributed by atoms with Gasteiger partial charge in [0.15, 0.2) is 0 Å². The fourth-order valence-corrected chi connectivity index (χ4v) is 3.53. The maximum absolute atomic E-state index is 12.9. The predicted octanol–water partition coefficient (Wildman–Crippen LogP) is 3.51. The number of ether oxygens (including phenoxy) is 3. The largest absolute Gasteiger partial charge is 0.508 e. The molecule has 32 heavy (non-hydrogen) atoms. The third-order valence-electron chi connectivity index (χ3n) is 5.06. The number of nitro groups is 1. The third kappa shape index (κ3) is 5.32. The Kier molecular flexibility index (Phi) is 8.11. The van der Waals surface area contributed by atoms with Crippen LogP contribution in [0.5, 0.6) is 0 Å². The van der Waals surface area contributed by atoms with E-state index in [0.717, 1.165) is 0 Å². The molecule has 0 N–H and O–H groups in total. The number of hydrogen-bond acceptors (Lipinski definition) is 8. The Labute approximate surface area is 185 Å². The molecule has 1 saturated heterocycles. The first-order valence-corrected chi connectivity index (χ1v) is 9.88. The Morgan fingerprint density at radius 1 is 1.28 bits per heavy atom. The molecule has 1 aromatic rings. The first-order valence-electron chi connectivity index (χ1n) is 9.88. The van der Waals surface area contributed by atoms with Gasteiger partial charge in [-0.15, -0.1) is 6.58 Å². The first-order chi connectivity index (χ1) is 15.1. The van der Waals surface area contributed by atoms with E-state index in [0.29, 0.717) is 17.6 Å². The minimum absolute atomic E-state index is 0.0750. The lowest BCUT2D eigenvalue weighted by Crippen LogP contribution is -2.64. The number of amides is 1. The lowest BCUT2D eigenvalue weighted by Gasteiger charge is -2.49. The minimum Gasteiger partial charge on any atom is -0.464 e. The molecule has 1 amide bonds. The van der Waals surface area contributed by atoms with Gasteiger partial charge in [0.05, 0.1) is 24.0 Å². The van der Waals surface area contributed by atoms with Gasteiger partial charge in [-0.3, -0.25) is 14.9 Å². The van der Waals surface area contributed by atoms with Gasteiger partial charge in [-0.2, -0.15) is 0 Å². The van der Waals surface area contributed by atoms with Crippen LogP contribution in [-0.4, -0.2) is 47.1 Å². The second kappa shape index (κ2) is 10.6. The SMILES string of the molecule is C=CC[C@@H]1[C@@H](C(C)OC(=O)OCc2ccc([N+](=O)[O-])cc2)C(=O)N1C(C(=O)OC)=C(C)C. The van der Waals surface area contributed by atoms with Crippen LogP contribution in [0.25, 0.3) is 0 Å². The lowest BCUT2D eigenvalue weighted by atomic mass is 9.80. The van der Waals surface area contributed by atoms with Crippen LogP contribution in [0.2, 0.25) is 0 Å². The van der Waals surface area contributed by atoms with Crippen molar-refractivity contribution in [3.05, 3.63) is 63.9 Å². The highest BCUT2D eigenvalue weighted by atomic mass is 16.7. The summed E-state index contributed by atoms with van der Waals surface area (Å²) in [5, 5.41) is 10.7. The molecule has 0 aliphatic carbocycles. The molecule has 3 atom stereocenters. The van der Waals surface area contributed by atoms with E-state index < -0.39 is 35.1 Å². The lowest BCUT2D eigenvalue weighted by molar-refractivity contribution is -0.384. The maximum atomic E-state index is 12.9. The number of methoxy groups -OCH3 is 1. The molecule has 1 unspecified atom stereocenters. The van der Waals surface area contributed by atoms with Crippen LogP contribution in [0.4, 0.5) is 10.5 Å². The van der Waals surface area contributed by atoms with Gasteiger partial charge in [0, 0.05) is 12.1 Å². The van der Waals surface area contributed by atoms with Gasteiger partial charge in [0.1, 0.15) is 18.4 Å². The number of likely N-dealkylation sites (tertiary alicyclic amines) is 1. The zero-order valence-corrected chi connectivity index (χ0v) is 18.4. The average molecular weight is 446 g/mol. The van der Waals surface area contributed by atoms with Gasteiger partial charge >= 0.3 is 12.1 Å². The molecular weight excluding hydrogens is 420 g/mol.